The van der Waals surface area contributed by atoms with Gasteiger partial charge in [0.2, 0.25) is 5.85 Å². The first-order chi connectivity index (χ1) is 3.95. The number of nitrogens with two attached hydrogens (primary N) is 3. The Balaban J connectivity index is 3.60. The van der Waals surface area contributed by atoms with E-state index < -0.39 is 11.8 Å². The Bertz CT molecular complexity index is 107. The summed E-state index contributed by atoms with van der Waals surface area (Å²) in [6.07, 6.45) is 0. The van der Waals surface area contributed by atoms with E-state index >= 15 is 0 Å². The molecule has 0 heterocycles. The minimum Gasteiger partial charge on any atom is -0.430 e. The van der Waals surface area contributed by atoms with Gasteiger partial charge in [-0.05, 0) is 0 Å². The van der Waals surface area contributed by atoms with Crippen molar-refractivity contribution in [3.63, 3.8) is 0 Å². The van der Waals surface area contributed by atoms with Gasteiger partial charge in [0.1, 0.15) is 0 Å². The van der Waals surface area contributed by atoms with E-state index in [0.717, 1.165) is 0 Å². The van der Waals surface area contributed by atoms with Crippen LogP contribution in [0.1, 0.15) is 6.92 Å². The minimum absolute atomic E-state index is 0.204. The van der Waals surface area contributed by atoms with Crippen molar-refractivity contribution in [1.29, 1.82) is 0 Å². The van der Waals surface area contributed by atoms with Crippen LogP contribution in [0.2, 0.25) is 0 Å². The van der Waals surface area contributed by atoms with Crippen LogP contribution in [0.25, 0.3) is 0 Å². The maximum absolute atomic E-state index is 10.3. The lowest BCUT2D eigenvalue weighted by Gasteiger charge is -2.17. The summed E-state index contributed by atoms with van der Waals surface area (Å²) in [4.78, 5) is 10.3. The third-order valence-corrected chi connectivity index (χ3v) is 0.500. The van der Waals surface area contributed by atoms with Crippen LogP contribution in [0.5, 0.6) is 0 Å². The van der Waals surface area contributed by atoms with Crippen molar-refractivity contribution in [3.05, 3.63) is 0 Å². The van der Waals surface area contributed by atoms with E-state index in [2.05, 4.69) is 4.74 Å². The van der Waals surface area contributed by atoms with Crippen LogP contribution < -0.4 is 17.2 Å². The SMILES string of the molecule is CC(N)(N)OC(=O)CN. The fourth-order valence-electron chi connectivity index (χ4n) is 0.287. The maximum Gasteiger partial charge on any atom is 0.322 e. The molecule has 0 radical (unpaired) electrons. The van der Waals surface area contributed by atoms with Crippen LogP contribution in [0, 0.1) is 0 Å². The molecule has 0 aromatic heterocycles. The summed E-state index contributed by atoms with van der Waals surface area (Å²) in [5.41, 5.74) is 15.1. The predicted molar refractivity (Wildman–Crippen MR) is 31.9 cm³/mol. The number of carbonyl (C=O) groups excluding carboxylic acids is 1. The van der Waals surface area contributed by atoms with Crippen LogP contribution >= 0.6 is 0 Å². The molecular weight excluding hydrogens is 122 g/mol. The van der Waals surface area contributed by atoms with Gasteiger partial charge < -0.3 is 10.5 Å². The molecule has 0 aromatic carbocycles. The summed E-state index contributed by atoms with van der Waals surface area (Å²) >= 11 is 0. The molecule has 0 saturated heterocycles. The molecule has 5 nitrogen and oxygen atoms in total. The van der Waals surface area contributed by atoms with Crippen LogP contribution in [0.4, 0.5) is 0 Å². The average Bonchev–Trinajstić information content (AvgIpc) is 1.62. The Labute approximate surface area is 53.1 Å². The van der Waals surface area contributed by atoms with Gasteiger partial charge in [-0.25, -0.2) is 0 Å². The molecule has 9 heavy (non-hydrogen) atoms. The zero-order valence-electron chi connectivity index (χ0n) is 5.26. The standard InChI is InChI=1S/C4H11N3O2/c1-4(6,7)9-3(8)2-5/h2,5-7H2,1H3. The fourth-order valence-corrected chi connectivity index (χ4v) is 0.287. The summed E-state index contributed by atoms with van der Waals surface area (Å²) < 4.78 is 4.38. The molecule has 0 bridgehead atoms. The first-order valence-electron chi connectivity index (χ1n) is 2.45. The third-order valence-electron chi connectivity index (χ3n) is 0.500. The summed E-state index contributed by atoms with van der Waals surface area (Å²) in [5.74, 6) is -2.02. The Kier molecular flexibility index (Phi) is 2.57. The second-order valence-electron chi connectivity index (χ2n) is 1.86. The number of hydrogen-bond acceptors (Lipinski definition) is 5. The maximum atomic E-state index is 10.3. The smallest absolute Gasteiger partial charge is 0.322 e. The lowest BCUT2D eigenvalue weighted by Crippen LogP contribution is -2.51. The number of esters is 1. The highest BCUT2D eigenvalue weighted by molar-refractivity contribution is 5.71. The van der Waals surface area contributed by atoms with Gasteiger partial charge in [-0.2, -0.15) is 0 Å². The monoisotopic (exact) mass is 133 g/mol. The molecule has 54 valence electrons. The highest BCUT2D eigenvalue weighted by Crippen LogP contribution is 1.89. The highest BCUT2D eigenvalue weighted by Gasteiger charge is 2.15. The molecule has 0 saturated carbocycles. The number of hydrogen-bond donors (Lipinski definition) is 3. The number of ether oxygens (including phenoxy) is 1. The van der Waals surface area contributed by atoms with Crippen molar-refractivity contribution in [2.75, 3.05) is 6.54 Å². The van der Waals surface area contributed by atoms with Crippen molar-refractivity contribution in [2.24, 2.45) is 17.2 Å². The quantitative estimate of drug-likeness (QED) is 0.301. The van der Waals surface area contributed by atoms with Crippen molar-refractivity contribution >= 4 is 5.97 Å². The first kappa shape index (κ1) is 8.35. The van der Waals surface area contributed by atoms with Crippen LogP contribution in [0.3, 0.4) is 0 Å². The molecule has 0 aliphatic heterocycles. The van der Waals surface area contributed by atoms with E-state index in [1.54, 1.807) is 0 Å². The number of carbonyl (C=O) groups is 1. The van der Waals surface area contributed by atoms with Gasteiger partial charge in [-0.3, -0.25) is 16.3 Å². The molecule has 5 heteroatoms. The van der Waals surface area contributed by atoms with Crippen molar-refractivity contribution in [1.82, 2.24) is 0 Å². The Morgan fingerprint density at radius 3 is 2.22 bits per heavy atom. The molecule has 0 spiro atoms. The predicted octanol–water partition coefficient (Wildman–Crippen LogP) is -1.92. The van der Waals surface area contributed by atoms with Crippen molar-refractivity contribution in [3.8, 4) is 0 Å². The zero-order valence-corrected chi connectivity index (χ0v) is 5.26. The molecule has 0 amide bonds. The Hall–Kier alpha value is -0.650. The van der Waals surface area contributed by atoms with Gasteiger partial charge in [-0.1, -0.05) is 0 Å². The van der Waals surface area contributed by atoms with E-state index in [0.29, 0.717) is 0 Å². The largest absolute Gasteiger partial charge is 0.430 e. The summed E-state index contributed by atoms with van der Waals surface area (Å²) in [5, 5.41) is 0. The summed E-state index contributed by atoms with van der Waals surface area (Å²) in [7, 11) is 0. The molecule has 0 aliphatic rings. The van der Waals surface area contributed by atoms with Crippen LogP contribution in [0.15, 0.2) is 0 Å². The molecule has 0 aromatic rings. The Morgan fingerprint density at radius 1 is 1.67 bits per heavy atom. The lowest BCUT2D eigenvalue weighted by molar-refractivity contribution is -0.155. The van der Waals surface area contributed by atoms with Gasteiger partial charge in [0, 0.05) is 6.92 Å². The van der Waals surface area contributed by atoms with Crippen molar-refractivity contribution < 1.29 is 9.53 Å². The van der Waals surface area contributed by atoms with E-state index in [1.807, 2.05) is 0 Å². The summed E-state index contributed by atoms with van der Waals surface area (Å²) in [6.45, 7) is 1.16. The molecular formula is C4H11N3O2. The van der Waals surface area contributed by atoms with Crippen molar-refractivity contribution in [2.45, 2.75) is 12.8 Å². The van der Waals surface area contributed by atoms with E-state index in [-0.39, 0.29) is 6.54 Å². The molecule has 0 fully saturated rings. The molecule has 0 atom stereocenters. The zero-order chi connectivity index (χ0) is 7.49. The lowest BCUT2D eigenvalue weighted by atomic mass is 10.5. The fraction of sp³-hybridized carbons (Fsp3) is 0.750. The number of rotatable bonds is 2. The second-order valence-corrected chi connectivity index (χ2v) is 1.86. The second kappa shape index (κ2) is 2.77. The first-order valence-corrected chi connectivity index (χ1v) is 2.45. The van der Waals surface area contributed by atoms with E-state index in [9.17, 15) is 4.79 Å². The van der Waals surface area contributed by atoms with Gasteiger partial charge in [0.05, 0.1) is 6.54 Å². The van der Waals surface area contributed by atoms with E-state index in [1.165, 1.54) is 6.92 Å². The highest BCUT2D eigenvalue weighted by atomic mass is 16.6. The molecule has 0 unspecified atom stereocenters. The minimum atomic E-state index is -1.41. The third kappa shape index (κ3) is 5.22. The van der Waals surface area contributed by atoms with Gasteiger partial charge in [0.25, 0.3) is 0 Å². The molecule has 0 aliphatic carbocycles. The summed E-state index contributed by atoms with van der Waals surface area (Å²) in [6, 6.07) is 0. The van der Waals surface area contributed by atoms with Crippen LogP contribution in [-0.4, -0.2) is 18.4 Å². The molecule has 6 N–H and O–H groups in total. The Morgan fingerprint density at radius 2 is 2.11 bits per heavy atom. The normalized spacial score (nSPS) is 11.1. The van der Waals surface area contributed by atoms with E-state index in [4.69, 9.17) is 17.2 Å². The van der Waals surface area contributed by atoms with Gasteiger partial charge in [-0.15, -0.1) is 0 Å². The van der Waals surface area contributed by atoms with Crippen LogP contribution in [-0.2, 0) is 9.53 Å². The topological polar surface area (TPSA) is 104 Å². The molecule has 0 rings (SSSR count). The average molecular weight is 133 g/mol. The van der Waals surface area contributed by atoms with Gasteiger partial charge in [0.15, 0.2) is 0 Å². The van der Waals surface area contributed by atoms with Gasteiger partial charge >= 0.3 is 5.97 Å².